The molecule has 0 radical (unpaired) electrons. The zero-order valence-electron chi connectivity index (χ0n) is 16.0. The maximum Gasteiger partial charge on any atom is 0.320 e. The van der Waals surface area contributed by atoms with Gasteiger partial charge in [0.2, 0.25) is 0 Å². The Morgan fingerprint density at radius 3 is 2.70 bits per heavy atom. The van der Waals surface area contributed by atoms with Crippen LogP contribution in [0.15, 0.2) is 22.7 Å². The predicted molar refractivity (Wildman–Crippen MR) is 101 cm³/mol. The van der Waals surface area contributed by atoms with Crippen molar-refractivity contribution >= 4 is 6.03 Å². The Morgan fingerprint density at radius 2 is 1.96 bits per heavy atom. The van der Waals surface area contributed by atoms with Gasteiger partial charge in [0.05, 0.1) is 30.2 Å². The van der Waals surface area contributed by atoms with Gasteiger partial charge < -0.3 is 19.1 Å². The normalized spacial score (nSPS) is 20.7. The number of likely N-dealkylation sites (tertiary alicyclic amines) is 1. The second-order valence-corrected chi connectivity index (χ2v) is 7.31. The summed E-state index contributed by atoms with van der Waals surface area (Å²) in [5, 5.41) is 4.04. The van der Waals surface area contributed by atoms with Crippen molar-refractivity contribution in [2.75, 3.05) is 39.4 Å². The van der Waals surface area contributed by atoms with Crippen LogP contribution in [-0.2, 0) is 4.74 Å². The van der Waals surface area contributed by atoms with Gasteiger partial charge >= 0.3 is 6.03 Å². The van der Waals surface area contributed by atoms with E-state index in [1.54, 1.807) is 0 Å². The highest BCUT2D eigenvalue weighted by Gasteiger charge is 2.29. The summed E-state index contributed by atoms with van der Waals surface area (Å²) in [7, 11) is 0. The SMILES string of the molecule is Cc1noc(C)c1-c1cccc([C@@H]2CCCN(C(=O)N3CCOCC3)C2)n1. The lowest BCUT2D eigenvalue weighted by Gasteiger charge is -2.37. The van der Waals surface area contributed by atoms with Crippen molar-refractivity contribution in [2.24, 2.45) is 0 Å². The molecule has 2 aliphatic rings. The summed E-state index contributed by atoms with van der Waals surface area (Å²) in [6.07, 6.45) is 2.04. The first-order chi connectivity index (χ1) is 13.1. The molecule has 7 heteroatoms. The number of piperidine rings is 1. The third kappa shape index (κ3) is 3.69. The lowest BCUT2D eigenvalue weighted by Crippen LogP contribution is -2.50. The Hall–Kier alpha value is -2.41. The molecule has 0 spiro atoms. The predicted octanol–water partition coefficient (Wildman–Crippen LogP) is 2.99. The van der Waals surface area contributed by atoms with Crippen LogP contribution in [0, 0.1) is 13.8 Å². The fourth-order valence-corrected chi connectivity index (χ4v) is 4.01. The smallest absolute Gasteiger partial charge is 0.320 e. The average Bonchev–Trinajstić information content (AvgIpc) is 3.06. The second-order valence-electron chi connectivity index (χ2n) is 7.31. The molecule has 2 fully saturated rings. The number of aromatic nitrogens is 2. The fraction of sp³-hybridized carbons (Fsp3) is 0.550. The number of hydrogen-bond donors (Lipinski definition) is 0. The van der Waals surface area contributed by atoms with E-state index in [2.05, 4.69) is 11.2 Å². The third-order valence-corrected chi connectivity index (χ3v) is 5.45. The van der Waals surface area contributed by atoms with Crippen LogP contribution < -0.4 is 0 Å². The van der Waals surface area contributed by atoms with Crippen LogP contribution in [-0.4, -0.2) is 65.4 Å². The van der Waals surface area contributed by atoms with Crippen molar-refractivity contribution in [3.05, 3.63) is 35.3 Å². The van der Waals surface area contributed by atoms with Gasteiger partial charge in [-0.3, -0.25) is 4.98 Å². The monoisotopic (exact) mass is 370 g/mol. The number of carbonyl (C=O) groups excluding carboxylic acids is 1. The number of amides is 2. The highest BCUT2D eigenvalue weighted by atomic mass is 16.5. The van der Waals surface area contributed by atoms with Gasteiger partial charge in [-0.05, 0) is 38.8 Å². The molecule has 2 amide bonds. The summed E-state index contributed by atoms with van der Waals surface area (Å²) in [4.78, 5) is 21.6. The number of nitrogens with zero attached hydrogens (tertiary/aromatic N) is 4. The van der Waals surface area contributed by atoms with Crippen molar-refractivity contribution in [2.45, 2.75) is 32.6 Å². The zero-order chi connectivity index (χ0) is 18.8. The fourth-order valence-electron chi connectivity index (χ4n) is 4.01. The van der Waals surface area contributed by atoms with Gasteiger partial charge in [0.25, 0.3) is 0 Å². The van der Waals surface area contributed by atoms with Crippen LogP contribution in [0.4, 0.5) is 4.79 Å². The van der Waals surface area contributed by atoms with Crippen LogP contribution >= 0.6 is 0 Å². The average molecular weight is 370 g/mol. The quantitative estimate of drug-likeness (QED) is 0.813. The van der Waals surface area contributed by atoms with E-state index in [0.717, 1.165) is 47.8 Å². The van der Waals surface area contributed by atoms with E-state index in [1.165, 1.54) is 0 Å². The lowest BCUT2D eigenvalue weighted by molar-refractivity contribution is 0.0408. The molecule has 0 unspecified atom stereocenters. The molecule has 2 saturated heterocycles. The minimum Gasteiger partial charge on any atom is -0.378 e. The summed E-state index contributed by atoms with van der Waals surface area (Å²) in [6.45, 7) is 7.99. The number of ether oxygens (including phenoxy) is 1. The van der Waals surface area contributed by atoms with Crippen LogP contribution in [0.25, 0.3) is 11.3 Å². The Labute approximate surface area is 159 Å². The first-order valence-corrected chi connectivity index (χ1v) is 9.65. The Morgan fingerprint density at radius 1 is 1.15 bits per heavy atom. The molecule has 2 aromatic rings. The number of hydrogen-bond acceptors (Lipinski definition) is 5. The van der Waals surface area contributed by atoms with E-state index in [-0.39, 0.29) is 11.9 Å². The molecule has 4 heterocycles. The highest BCUT2D eigenvalue weighted by Crippen LogP contribution is 2.30. The van der Waals surface area contributed by atoms with Gasteiger partial charge in [-0.2, -0.15) is 0 Å². The molecule has 2 aliphatic heterocycles. The highest BCUT2D eigenvalue weighted by molar-refractivity contribution is 5.74. The van der Waals surface area contributed by atoms with Gasteiger partial charge in [0, 0.05) is 37.8 Å². The first kappa shape index (κ1) is 18.0. The Kier molecular flexibility index (Phi) is 5.11. The minimum atomic E-state index is 0.130. The summed E-state index contributed by atoms with van der Waals surface area (Å²) < 4.78 is 10.7. The molecule has 0 bridgehead atoms. The first-order valence-electron chi connectivity index (χ1n) is 9.65. The molecule has 0 saturated carbocycles. The van der Waals surface area contributed by atoms with E-state index in [4.69, 9.17) is 14.2 Å². The van der Waals surface area contributed by atoms with E-state index < -0.39 is 0 Å². The molecule has 1 atom stereocenters. The van der Waals surface area contributed by atoms with Crippen LogP contribution in [0.5, 0.6) is 0 Å². The maximum atomic E-state index is 12.8. The van der Waals surface area contributed by atoms with Crippen molar-refractivity contribution in [1.29, 1.82) is 0 Å². The number of morpholine rings is 1. The largest absolute Gasteiger partial charge is 0.378 e. The van der Waals surface area contributed by atoms with E-state index >= 15 is 0 Å². The summed E-state index contributed by atoms with van der Waals surface area (Å²) in [6, 6.07) is 6.22. The summed E-state index contributed by atoms with van der Waals surface area (Å²) in [5.41, 5.74) is 3.74. The van der Waals surface area contributed by atoms with Gasteiger partial charge in [0.15, 0.2) is 0 Å². The molecule has 4 rings (SSSR count). The molecule has 7 nitrogen and oxygen atoms in total. The molecule has 27 heavy (non-hydrogen) atoms. The zero-order valence-corrected chi connectivity index (χ0v) is 16.0. The van der Waals surface area contributed by atoms with Crippen molar-refractivity contribution in [1.82, 2.24) is 19.9 Å². The number of pyridine rings is 1. The molecule has 0 aromatic carbocycles. The number of aryl methyl sites for hydroxylation is 2. The number of urea groups is 1. The van der Waals surface area contributed by atoms with Crippen LogP contribution in [0.1, 0.15) is 35.9 Å². The van der Waals surface area contributed by atoms with E-state index in [0.29, 0.717) is 32.8 Å². The van der Waals surface area contributed by atoms with Crippen LogP contribution in [0.2, 0.25) is 0 Å². The van der Waals surface area contributed by atoms with E-state index in [1.807, 2.05) is 35.8 Å². The minimum absolute atomic E-state index is 0.130. The molecule has 144 valence electrons. The summed E-state index contributed by atoms with van der Waals surface area (Å²) in [5.74, 6) is 1.04. The van der Waals surface area contributed by atoms with Crippen molar-refractivity contribution in [3.8, 4) is 11.3 Å². The molecule has 2 aromatic heterocycles. The Balaban J connectivity index is 1.51. The molecule has 0 aliphatic carbocycles. The lowest BCUT2D eigenvalue weighted by atomic mass is 9.94. The van der Waals surface area contributed by atoms with Crippen molar-refractivity contribution < 1.29 is 14.1 Å². The van der Waals surface area contributed by atoms with Crippen LogP contribution in [0.3, 0.4) is 0 Å². The third-order valence-electron chi connectivity index (χ3n) is 5.45. The van der Waals surface area contributed by atoms with Gasteiger partial charge in [-0.1, -0.05) is 11.2 Å². The standard InChI is InChI=1S/C20H26N4O3/c1-14-19(15(2)27-22-14)18-7-3-6-17(21-18)16-5-4-8-24(13-16)20(25)23-9-11-26-12-10-23/h3,6-7,16H,4-5,8-13H2,1-2H3/t16-/m1/s1. The molecular weight excluding hydrogens is 344 g/mol. The van der Waals surface area contributed by atoms with Gasteiger partial charge in [0.1, 0.15) is 5.76 Å². The summed E-state index contributed by atoms with van der Waals surface area (Å²) >= 11 is 0. The Bertz CT molecular complexity index is 794. The molecule has 0 N–H and O–H groups in total. The number of rotatable bonds is 2. The molecular formula is C20H26N4O3. The maximum absolute atomic E-state index is 12.8. The van der Waals surface area contributed by atoms with E-state index in [9.17, 15) is 4.79 Å². The van der Waals surface area contributed by atoms with Gasteiger partial charge in [-0.15, -0.1) is 0 Å². The number of carbonyl (C=O) groups is 1. The van der Waals surface area contributed by atoms with Gasteiger partial charge in [-0.25, -0.2) is 4.79 Å². The van der Waals surface area contributed by atoms with Crippen molar-refractivity contribution in [3.63, 3.8) is 0 Å². The second kappa shape index (κ2) is 7.68. The topological polar surface area (TPSA) is 71.7 Å².